The summed E-state index contributed by atoms with van der Waals surface area (Å²) in [6.45, 7) is 0. The van der Waals surface area contributed by atoms with Crippen LogP contribution >= 0.6 is 12.4 Å². The number of hydrogen-bond acceptors (Lipinski definition) is 4. The van der Waals surface area contributed by atoms with Crippen LogP contribution in [0, 0.1) is 5.53 Å². The van der Waals surface area contributed by atoms with Gasteiger partial charge in [0.2, 0.25) is 0 Å². The lowest BCUT2D eigenvalue weighted by Crippen LogP contribution is -1.97. The number of aromatic hydroxyl groups is 2. The van der Waals surface area contributed by atoms with Crippen molar-refractivity contribution in [3.05, 3.63) is 42.0 Å². The predicted octanol–water partition coefficient (Wildman–Crippen LogP) is 2.48. The monoisotopic (exact) mass is 267 g/mol. The average molecular weight is 268 g/mol. The van der Waals surface area contributed by atoms with E-state index < -0.39 is 5.91 Å². The molecule has 0 fully saturated rings. The van der Waals surface area contributed by atoms with Gasteiger partial charge in [0.05, 0.1) is 5.69 Å². The van der Waals surface area contributed by atoms with Crippen molar-refractivity contribution in [3.8, 4) is 17.4 Å². The van der Waals surface area contributed by atoms with E-state index in [-0.39, 0.29) is 29.7 Å². The third-order valence-corrected chi connectivity index (χ3v) is 2.29. The van der Waals surface area contributed by atoms with Gasteiger partial charge in [-0.05, 0) is 18.2 Å². The molecule has 6 nitrogen and oxygen atoms in total. The molecule has 0 bridgehead atoms. The highest BCUT2D eigenvalue weighted by Gasteiger charge is 2.10. The van der Waals surface area contributed by atoms with E-state index in [0.717, 1.165) is 0 Å². The summed E-state index contributed by atoms with van der Waals surface area (Å²) in [5, 5.41) is 21.9. The topological polar surface area (TPSA) is 98.7 Å². The van der Waals surface area contributed by atoms with E-state index in [0.29, 0.717) is 5.69 Å². The van der Waals surface area contributed by atoms with Crippen LogP contribution in [0.2, 0.25) is 0 Å². The maximum Gasteiger partial charge on any atom is 0.294 e. The molecule has 1 aromatic heterocycles. The second kappa shape index (κ2) is 5.33. The Morgan fingerprint density at radius 3 is 2.33 bits per heavy atom. The molecule has 1 heterocycles. The highest BCUT2D eigenvalue weighted by molar-refractivity contribution is 5.94. The summed E-state index contributed by atoms with van der Waals surface area (Å²) in [7, 11) is 0. The normalized spacial score (nSPS) is 9.56. The minimum atomic E-state index is -0.682. The molecule has 0 aliphatic heterocycles. The summed E-state index contributed by atoms with van der Waals surface area (Å²) in [5.74, 6) is -0.970. The van der Waals surface area contributed by atoms with Gasteiger partial charge in [-0.25, -0.2) is 5.53 Å². The molecule has 0 aliphatic carbocycles. The number of nitrogens with zero attached hydrogens (tertiary/aromatic N) is 2. The molecule has 94 valence electrons. The number of amides is 1. The first kappa shape index (κ1) is 13.7. The van der Waals surface area contributed by atoms with E-state index in [1.807, 2.05) is 0 Å². The van der Waals surface area contributed by atoms with Crippen molar-refractivity contribution in [3.63, 3.8) is 0 Å². The van der Waals surface area contributed by atoms with Crippen LogP contribution in [0.15, 0.2) is 41.5 Å². The molecule has 3 N–H and O–H groups in total. The van der Waals surface area contributed by atoms with E-state index >= 15 is 0 Å². The van der Waals surface area contributed by atoms with Crippen LogP contribution in [0.5, 0.6) is 11.8 Å². The van der Waals surface area contributed by atoms with E-state index in [1.165, 1.54) is 28.8 Å². The molecule has 2 aromatic rings. The van der Waals surface area contributed by atoms with Crippen molar-refractivity contribution < 1.29 is 15.0 Å². The molecule has 0 atom stereocenters. The second-order valence-corrected chi connectivity index (χ2v) is 3.35. The Morgan fingerprint density at radius 1 is 1.17 bits per heavy atom. The molecule has 0 saturated heterocycles. The number of halogens is 1. The van der Waals surface area contributed by atoms with Crippen LogP contribution in [0.4, 0.5) is 0 Å². The lowest BCUT2D eigenvalue weighted by Gasteiger charge is -2.07. The standard InChI is InChI=1S/C11H9N3O3.ClH/c12-13-11(17)7-2-1-3-8(6-7)14-9(15)4-5-10(14)16;/h1-6,12,15-16H;1H. The van der Waals surface area contributed by atoms with Gasteiger partial charge in [-0.15, -0.1) is 17.5 Å². The van der Waals surface area contributed by atoms with E-state index in [4.69, 9.17) is 5.53 Å². The fraction of sp³-hybridized carbons (Fsp3) is 0. The molecule has 1 aromatic carbocycles. The smallest absolute Gasteiger partial charge is 0.294 e. The summed E-state index contributed by atoms with van der Waals surface area (Å²) in [4.78, 5) is 11.2. The molecule has 0 radical (unpaired) electrons. The van der Waals surface area contributed by atoms with E-state index in [2.05, 4.69) is 5.11 Å². The molecule has 0 saturated carbocycles. The lowest BCUT2D eigenvalue weighted by molar-refractivity contribution is 0.0991. The summed E-state index contributed by atoms with van der Waals surface area (Å²) in [5.41, 5.74) is 7.27. The van der Waals surface area contributed by atoms with Crippen molar-refractivity contribution in [1.82, 2.24) is 4.57 Å². The van der Waals surface area contributed by atoms with Gasteiger partial charge in [-0.1, -0.05) is 6.07 Å². The fourth-order valence-electron chi connectivity index (χ4n) is 1.52. The van der Waals surface area contributed by atoms with Crippen LogP contribution in [0.25, 0.3) is 5.69 Å². The molecule has 2 rings (SSSR count). The van der Waals surface area contributed by atoms with E-state index in [1.54, 1.807) is 12.1 Å². The molecule has 0 unspecified atom stereocenters. The van der Waals surface area contributed by atoms with Crippen LogP contribution in [0.1, 0.15) is 10.4 Å². The summed E-state index contributed by atoms with van der Waals surface area (Å²) >= 11 is 0. The van der Waals surface area contributed by atoms with Crippen molar-refractivity contribution in [2.75, 3.05) is 0 Å². The number of rotatable bonds is 2. The predicted molar refractivity (Wildman–Crippen MR) is 65.8 cm³/mol. The van der Waals surface area contributed by atoms with Crippen molar-refractivity contribution in [2.45, 2.75) is 0 Å². The first-order chi connectivity index (χ1) is 8.13. The third-order valence-electron chi connectivity index (χ3n) is 2.29. The Labute approximate surface area is 108 Å². The van der Waals surface area contributed by atoms with Gasteiger partial charge in [0.25, 0.3) is 5.91 Å². The Kier molecular flexibility index (Phi) is 4.06. The van der Waals surface area contributed by atoms with Gasteiger partial charge in [0.15, 0.2) is 11.8 Å². The van der Waals surface area contributed by atoms with Gasteiger partial charge < -0.3 is 10.2 Å². The summed E-state index contributed by atoms with van der Waals surface area (Å²) in [6, 6.07) is 8.78. The van der Waals surface area contributed by atoms with Crippen LogP contribution in [-0.4, -0.2) is 20.7 Å². The molecule has 1 amide bonds. The summed E-state index contributed by atoms with van der Waals surface area (Å²) in [6.07, 6.45) is 0. The molecule has 7 heteroatoms. The van der Waals surface area contributed by atoms with Crippen LogP contribution in [0.3, 0.4) is 0 Å². The van der Waals surface area contributed by atoms with E-state index in [9.17, 15) is 15.0 Å². The van der Waals surface area contributed by atoms with Crippen LogP contribution < -0.4 is 0 Å². The summed E-state index contributed by atoms with van der Waals surface area (Å²) < 4.78 is 1.17. The second-order valence-electron chi connectivity index (χ2n) is 3.35. The Hall–Kier alpha value is -2.34. The van der Waals surface area contributed by atoms with Gasteiger partial charge >= 0.3 is 0 Å². The highest BCUT2D eigenvalue weighted by atomic mass is 35.5. The number of carbonyl (C=O) groups excluding carboxylic acids is 1. The van der Waals surface area contributed by atoms with Gasteiger partial charge in [-0.2, -0.15) is 0 Å². The average Bonchev–Trinajstić information content (AvgIpc) is 2.68. The molecular weight excluding hydrogens is 258 g/mol. The maximum absolute atomic E-state index is 11.2. The van der Waals surface area contributed by atoms with Crippen molar-refractivity contribution in [2.24, 2.45) is 5.11 Å². The molecule has 0 aliphatic rings. The SMILES string of the molecule is Cl.N=NC(=O)c1cccc(-n2c(O)ccc2O)c1. The number of benzene rings is 1. The molecule has 0 spiro atoms. The lowest BCUT2D eigenvalue weighted by atomic mass is 10.2. The Bertz CT molecular complexity index is 575. The number of hydrogen-bond donors (Lipinski definition) is 3. The largest absolute Gasteiger partial charge is 0.494 e. The minimum absolute atomic E-state index is 0. The van der Waals surface area contributed by atoms with Crippen molar-refractivity contribution >= 4 is 18.3 Å². The zero-order valence-corrected chi connectivity index (χ0v) is 9.89. The fourth-order valence-corrected chi connectivity index (χ4v) is 1.52. The quantitative estimate of drug-likeness (QED) is 0.729. The maximum atomic E-state index is 11.2. The molecular formula is C11H10ClN3O3. The first-order valence-corrected chi connectivity index (χ1v) is 4.75. The van der Waals surface area contributed by atoms with Crippen molar-refractivity contribution in [1.29, 1.82) is 5.53 Å². The van der Waals surface area contributed by atoms with Crippen LogP contribution in [-0.2, 0) is 0 Å². The number of nitrogens with one attached hydrogen (secondary N) is 1. The zero-order chi connectivity index (χ0) is 12.4. The third kappa shape index (κ3) is 2.33. The number of aromatic nitrogens is 1. The zero-order valence-electron chi connectivity index (χ0n) is 9.07. The Balaban J connectivity index is 0.00000162. The van der Waals surface area contributed by atoms with Gasteiger partial charge in [-0.3, -0.25) is 9.36 Å². The minimum Gasteiger partial charge on any atom is -0.494 e. The molecule has 18 heavy (non-hydrogen) atoms. The number of carbonyl (C=O) groups is 1. The highest BCUT2D eigenvalue weighted by Crippen LogP contribution is 2.26. The van der Waals surface area contributed by atoms with Gasteiger partial charge in [0, 0.05) is 17.7 Å². The van der Waals surface area contributed by atoms with Gasteiger partial charge in [0.1, 0.15) is 0 Å². The Morgan fingerprint density at radius 2 is 1.78 bits per heavy atom. The first-order valence-electron chi connectivity index (χ1n) is 4.75.